The lowest BCUT2D eigenvalue weighted by atomic mass is 9.81. The van der Waals surface area contributed by atoms with Crippen LogP contribution in [0.1, 0.15) is 45.6 Å². The van der Waals surface area contributed by atoms with Crippen molar-refractivity contribution in [2.45, 2.75) is 57.7 Å². The molecular weight excluding hydrogens is 212 g/mol. The van der Waals surface area contributed by atoms with Crippen molar-refractivity contribution in [3.05, 3.63) is 29.8 Å². The fraction of sp³-hybridized carbons (Fsp3) is 0.600. The van der Waals surface area contributed by atoms with Gasteiger partial charge in [0.1, 0.15) is 5.75 Å². The van der Waals surface area contributed by atoms with Crippen molar-refractivity contribution in [3.8, 4) is 5.75 Å². The molecular formula is C15H22O2. The molecule has 1 aromatic carbocycles. The maximum atomic E-state index is 9.71. The molecule has 0 bridgehead atoms. The van der Waals surface area contributed by atoms with Crippen LogP contribution in [0.2, 0.25) is 0 Å². The second-order valence-electron chi connectivity index (χ2n) is 5.65. The number of rotatable bonds is 3. The molecule has 2 nitrogen and oxygen atoms in total. The number of ether oxygens (including phenoxy) is 1. The summed E-state index contributed by atoms with van der Waals surface area (Å²) in [4.78, 5) is 0. The summed E-state index contributed by atoms with van der Waals surface area (Å²) in [6.07, 6.45) is 2.88. The van der Waals surface area contributed by atoms with Crippen molar-refractivity contribution in [3.63, 3.8) is 0 Å². The zero-order valence-corrected chi connectivity index (χ0v) is 10.9. The minimum atomic E-state index is -0.144. The van der Waals surface area contributed by atoms with Gasteiger partial charge in [0, 0.05) is 0 Å². The normalized spacial score (nSPS) is 28.6. The van der Waals surface area contributed by atoms with Gasteiger partial charge in [-0.25, -0.2) is 0 Å². The standard InChI is InChI=1S/C15H22O2/c1-11(2)17-14-6-4-5-12(9-14)15(3)8-7-13(16)10-15/h4-6,9,11,13,16H,7-8,10H2,1-3H3. The molecule has 17 heavy (non-hydrogen) atoms. The first-order valence-corrected chi connectivity index (χ1v) is 6.45. The monoisotopic (exact) mass is 234 g/mol. The van der Waals surface area contributed by atoms with Crippen LogP contribution in [0.3, 0.4) is 0 Å². The number of aliphatic hydroxyl groups excluding tert-OH is 1. The van der Waals surface area contributed by atoms with E-state index in [1.165, 1.54) is 5.56 Å². The van der Waals surface area contributed by atoms with Crippen LogP contribution in [0.5, 0.6) is 5.75 Å². The van der Waals surface area contributed by atoms with Crippen molar-refractivity contribution >= 4 is 0 Å². The molecule has 0 radical (unpaired) electrons. The van der Waals surface area contributed by atoms with Crippen LogP contribution >= 0.6 is 0 Å². The molecule has 1 saturated carbocycles. The number of aliphatic hydroxyl groups is 1. The molecule has 1 aromatic rings. The summed E-state index contributed by atoms with van der Waals surface area (Å²) in [6, 6.07) is 8.31. The molecule has 0 spiro atoms. The molecule has 0 heterocycles. The maximum Gasteiger partial charge on any atom is 0.119 e. The SMILES string of the molecule is CC(C)Oc1cccc(C2(C)CCC(O)C2)c1. The summed E-state index contributed by atoms with van der Waals surface area (Å²) >= 11 is 0. The quantitative estimate of drug-likeness (QED) is 0.869. The minimum Gasteiger partial charge on any atom is -0.491 e. The summed E-state index contributed by atoms with van der Waals surface area (Å²) in [7, 11) is 0. The highest BCUT2D eigenvalue weighted by Crippen LogP contribution is 2.41. The van der Waals surface area contributed by atoms with Crippen LogP contribution in [0.25, 0.3) is 0 Å². The Balaban J connectivity index is 2.21. The molecule has 0 amide bonds. The van der Waals surface area contributed by atoms with Crippen molar-refractivity contribution in [2.24, 2.45) is 0 Å². The Labute approximate surface area is 104 Å². The van der Waals surface area contributed by atoms with E-state index in [2.05, 4.69) is 19.1 Å². The van der Waals surface area contributed by atoms with Crippen molar-refractivity contribution in [1.29, 1.82) is 0 Å². The van der Waals surface area contributed by atoms with E-state index in [1.54, 1.807) is 0 Å². The molecule has 0 aromatic heterocycles. The third-order valence-electron chi connectivity index (χ3n) is 3.62. The molecule has 1 aliphatic rings. The molecule has 2 heteroatoms. The van der Waals surface area contributed by atoms with Gasteiger partial charge in [-0.05, 0) is 56.2 Å². The van der Waals surface area contributed by atoms with Gasteiger partial charge in [0.25, 0.3) is 0 Å². The van der Waals surface area contributed by atoms with Gasteiger partial charge in [-0.3, -0.25) is 0 Å². The molecule has 1 fully saturated rings. The van der Waals surface area contributed by atoms with Crippen LogP contribution in [-0.2, 0) is 5.41 Å². The minimum absolute atomic E-state index is 0.107. The second-order valence-corrected chi connectivity index (χ2v) is 5.65. The maximum absolute atomic E-state index is 9.71. The number of hydrogen-bond donors (Lipinski definition) is 1. The van der Waals surface area contributed by atoms with E-state index in [4.69, 9.17) is 4.74 Å². The Morgan fingerprint density at radius 2 is 2.18 bits per heavy atom. The largest absolute Gasteiger partial charge is 0.491 e. The van der Waals surface area contributed by atoms with Crippen LogP contribution in [-0.4, -0.2) is 17.3 Å². The summed E-state index contributed by atoms with van der Waals surface area (Å²) in [5.74, 6) is 0.931. The van der Waals surface area contributed by atoms with Crippen molar-refractivity contribution in [1.82, 2.24) is 0 Å². The second kappa shape index (κ2) is 4.69. The third kappa shape index (κ3) is 2.81. The summed E-state index contributed by atoms with van der Waals surface area (Å²) < 4.78 is 5.72. The van der Waals surface area contributed by atoms with Crippen LogP contribution in [0.4, 0.5) is 0 Å². The van der Waals surface area contributed by atoms with Gasteiger partial charge in [-0.1, -0.05) is 19.1 Å². The van der Waals surface area contributed by atoms with Crippen LogP contribution < -0.4 is 4.74 Å². The average Bonchev–Trinajstić information content (AvgIpc) is 2.59. The van der Waals surface area contributed by atoms with E-state index in [0.717, 1.165) is 25.0 Å². The molecule has 1 N–H and O–H groups in total. The van der Waals surface area contributed by atoms with Gasteiger partial charge >= 0.3 is 0 Å². The fourth-order valence-electron chi connectivity index (χ4n) is 2.69. The lowest BCUT2D eigenvalue weighted by Crippen LogP contribution is -2.19. The van der Waals surface area contributed by atoms with Gasteiger partial charge in [0.05, 0.1) is 12.2 Å². The Hall–Kier alpha value is -1.02. The van der Waals surface area contributed by atoms with Crippen molar-refractivity contribution < 1.29 is 9.84 Å². The Morgan fingerprint density at radius 1 is 1.41 bits per heavy atom. The Bertz CT molecular complexity index is 386. The van der Waals surface area contributed by atoms with Gasteiger partial charge in [0.15, 0.2) is 0 Å². The van der Waals surface area contributed by atoms with Crippen LogP contribution in [0.15, 0.2) is 24.3 Å². The number of hydrogen-bond acceptors (Lipinski definition) is 2. The number of benzene rings is 1. The van der Waals surface area contributed by atoms with Crippen LogP contribution in [0, 0.1) is 0 Å². The lowest BCUT2D eigenvalue weighted by Gasteiger charge is -2.25. The molecule has 0 aliphatic heterocycles. The predicted molar refractivity (Wildman–Crippen MR) is 69.4 cm³/mol. The predicted octanol–water partition coefficient (Wildman–Crippen LogP) is 3.28. The van der Waals surface area contributed by atoms with Crippen molar-refractivity contribution in [2.75, 3.05) is 0 Å². The highest BCUT2D eigenvalue weighted by atomic mass is 16.5. The molecule has 0 saturated heterocycles. The van der Waals surface area contributed by atoms with E-state index in [9.17, 15) is 5.11 Å². The van der Waals surface area contributed by atoms with E-state index in [1.807, 2.05) is 26.0 Å². The first kappa shape index (κ1) is 12.4. The Morgan fingerprint density at radius 3 is 2.76 bits per heavy atom. The lowest BCUT2D eigenvalue weighted by molar-refractivity contribution is 0.175. The summed E-state index contributed by atoms with van der Waals surface area (Å²) in [6.45, 7) is 6.30. The highest BCUT2D eigenvalue weighted by molar-refractivity contribution is 5.34. The first-order chi connectivity index (χ1) is 7.99. The molecule has 2 unspecified atom stereocenters. The van der Waals surface area contributed by atoms with E-state index in [0.29, 0.717) is 0 Å². The summed E-state index contributed by atoms with van der Waals surface area (Å²) in [5.41, 5.74) is 1.39. The van der Waals surface area contributed by atoms with Gasteiger partial charge in [-0.15, -0.1) is 0 Å². The molecule has 94 valence electrons. The highest BCUT2D eigenvalue weighted by Gasteiger charge is 2.35. The molecule has 1 aliphatic carbocycles. The first-order valence-electron chi connectivity index (χ1n) is 6.45. The topological polar surface area (TPSA) is 29.5 Å². The van der Waals surface area contributed by atoms with Gasteiger partial charge in [-0.2, -0.15) is 0 Å². The van der Waals surface area contributed by atoms with E-state index < -0.39 is 0 Å². The van der Waals surface area contributed by atoms with E-state index in [-0.39, 0.29) is 17.6 Å². The zero-order chi connectivity index (χ0) is 12.5. The molecule has 2 rings (SSSR count). The Kier molecular flexibility index (Phi) is 3.43. The smallest absolute Gasteiger partial charge is 0.119 e. The fourth-order valence-corrected chi connectivity index (χ4v) is 2.69. The van der Waals surface area contributed by atoms with Gasteiger partial charge < -0.3 is 9.84 Å². The zero-order valence-electron chi connectivity index (χ0n) is 10.9. The average molecular weight is 234 g/mol. The van der Waals surface area contributed by atoms with Gasteiger partial charge in [0.2, 0.25) is 0 Å². The third-order valence-corrected chi connectivity index (χ3v) is 3.62. The summed E-state index contributed by atoms with van der Waals surface area (Å²) in [5, 5.41) is 9.71. The molecule has 2 atom stereocenters. The van der Waals surface area contributed by atoms with E-state index >= 15 is 0 Å².